The molecule has 6 nitrogen and oxygen atoms in total. The van der Waals surface area contributed by atoms with Crippen molar-refractivity contribution in [2.45, 2.75) is 25.3 Å². The quantitative estimate of drug-likeness (QED) is 0.679. The number of nitrogens with one attached hydrogen (secondary N) is 2. The number of hydrogen-bond donors (Lipinski definition) is 3. The van der Waals surface area contributed by atoms with E-state index in [0.717, 1.165) is 0 Å². The summed E-state index contributed by atoms with van der Waals surface area (Å²) in [7, 11) is 0. The van der Waals surface area contributed by atoms with Crippen LogP contribution in [-0.2, 0) is 20.8 Å². The highest BCUT2D eigenvalue weighted by atomic mass is 19.1. The summed E-state index contributed by atoms with van der Waals surface area (Å²) in [5.41, 5.74) is 5.70. The van der Waals surface area contributed by atoms with Gasteiger partial charge < -0.3 is 11.1 Å². The van der Waals surface area contributed by atoms with Crippen molar-refractivity contribution in [1.29, 1.82) is 0 Å². The fourth-order valence-corrected chi connectivity index (χ4v) is 2.02. The van der Waals surface area contributed by atoms with E-state index in [0.29, 0.717) is 12.1 Å². The molecule has 1 aromatic rings. The van der Waals surface area contributed by atoms with E-state index in [1.165, 1.54) is 18.2 Å². The van der Waals surface area contributed by atoms with Crippen LogP contribution in [0.1, 0.15) is 18.4 Å². The molecule has 0 aliphatic carbocycles. The lowest BCUT2D eigenvalue weighted by molar-refractivity contribution is -0.133. The number of nitrogens with two attached hydrogens (primary N) is 1. The van der Waals surface area contributed by atoms with Gasteiger partial charge in [-0.3, -0.25) is 19.7 Å². The van der Waals surface area contributed by atoms with E-state index in [2.05, 4.69) is 10.6 Å². The maximum atomic E-state index is 13.5. The van der Waals surface area contributed by atoms with Gasteiger partial charge in [0.15, 0.2) is 0 Å². The first-order valence-corrected chi connectivity index (χ1v) is 6.12. The van der Waals surface area contributed by atoms with Crippen LogP contribution in [0.3, 0.4) is 0 Å². The second-order valence-corrected chi connectivity index (χ2v) is 4.60. The molecule has 0 spiro atoms. The van der Waals surface area contributed by atoms with Crippen LogP contribution in [0.2, 0.25) is 0 Å². The minimum atomic E-state index is -0.637. The van der Waals surface area contributed by atoms with Gasteiger partial charge in [0.2, 0.25) is 17.7 Å². The number of benzene rings is 1. The monoisotopic (exact) mass is 279 g/mol. The third-order valence-electron chi connectivity index (χ3n) is 2.99. The van der Waals surface area contributed by atoms with Crippen LogP contribution in [-0.4, -0.2) is 23.8 Å². The number of carbonyl (C=O) groups is 3. The first-order chi connectivity index (χ1) is 9.45. The Kier molecular flexibility index (Phi) is 3.97. The van der Waals surface area contributed by atoms with Gasteiger partial charge in [-0.2, -0.15) is 0 Å². The van der Waals surface area contributed by atoms with Crippen molar-refractivity contribution in [3.8, 4) is 0 Å². The molecule has 1 unspecified atom stereocenters. The third-order valence-corrected chi connectivity index (χ3v) is 2.99. The highest BCUT2D eigenvalue weighted by Gasteiger charge is 2.26. The standard InChI is InChI=1S/C13H14FN3O3/c14-9-2-1-8(5-7(9)6-11(15)18)16-10-3-4-12(19)17-13(10)20/h1-2,5,10,16H,3-4,6H2,(H2,15,18)(H,17,19,20). The number of hydrogen-bond acceptors (Lipinski definition) is 4. The first-order valence-electron chi connectivity index (χ1n) is 6.12. The van der Waals surface area contributed by atoms with Crippen molar-refractivity contribution in [3.63, 3.8) is 0 Å². The molecule has 0 radical (unpaired) electrons. The lowest BCUT2D eigenvalue weighted by Crippen LogP contribution is -2.47. The van der Waals surface area contributed by atoms with Gasteiger partial charge >= 0.3 is 0 Å². The number of imide groups is 1. The summed E-state index contributed by atoms with van der Waals surface area (Å²) in [5, 5.41) is 5.13. The molecule has 106 valence electrons. The van der Waals surface area contributed by atoms with Crippen molar-refractivity contribution in [2.75, 3.05) is 5.32 Å². The number of primary amides is 1. The number of anilines is 1. The zero-order valence-corrected chi connectivity index (χ0v) is 10.6. The normalized spacial score (nSPS) is 18.6. The predicted molar refractivity (Wildman–Crippen MR) is 69.1 cm³/mol. The summed E-state index contributed by atoms with van der Waals surface area (Å²) in [6.45, 7) is 0. The minimum Gasteiger partial charge on any atom is -0.374 e. The number of piperidine rings is 1. The Morgan fingerprint density at radius 2 is 2.20 bits per heavy atom. The number of halogens is 1. The van der Waals surface area contributed by atoms with E-state index in [1.807, 2.05) is 0 Å². The third kappa shape index (κ3) is 3.31. The molecule has 1 aromatic carbocycles. The molecule has 3 amide bonds. The van der Waals surface area contributed by atoms with Crippen LogP contribution < -0.4 is 16.4 Å². The number of carbonyl (C=O) groups excluding carboxylic acids is 3. The summed E-state index contributed by atoms with van der Waals surface area (Å²) in [5.74, 6) is -1.89. The molecule has 1 heterocycles. The van der Waals surface area contributed by atoms with Crippen LogP contribution >= 0.6 is 0 Å². The Hall–Kier alpha value is -2.44. The van der Waals surface area contributed by atoms with Gasteiger partial charge in [-0.15, -0.1) is 0 Å². The van der Waals surface area contributed by atoms with Gasteiger partial charge in [0, 0.05) is 12.1 Å². The van der Waals surface area contributed by atoms with Crippen molar-refractivity contribution in [1.82, 2.24) is 5.32 Å². The Morgan fingerprint density at radius 1 is 1.45 bits per heavy atom. The van der Waals surface area contributed by atoms with E-state index in [-0.39, 0.29) is 24.3 Å². The molecule has 7 heteroatoms. The smallest absolute Gasteiger partial charge is 0.249 e. The van der Waals surface area contributed by atoms with E-state index >= 15 is 0 Å². The van der Waals surface area contributed by atoms with Gasteiger partial charge in [-0.25, -0.2) is 4.39 Å². The fourth-order valence-electron chi connectivity index (χ4n) is 2.02. The maximum absolute atomic E-state index is 13.5. The SMILES string of the molecule is NC(=O)Cc1cc(NC2CCC(=O)NC2=O)ccc1F. The molecule has 4 N–H and O–H groups in total. The molecule has 1 atom stereocenters. The molecule has 1 fully saturated rings. The molecule has 1 saturated heterocycles. The van der Waals surface area contributed by atoms with E-state index in [9.17, 15) is 18.8 Å². The fraction of sp³-hybridized carbons (Fsp3) is 0.308. The van der Waals surface area contributed by atoms with E-state index in [1.54, 1.807) is 0 Å². The van der Waals surface area contributed by atoms with Crippen LogP contribution in [0.25, 0.3) is 0 Å². The summed E-state index contributed by atoms with van der Waals surface area (Å²) >= 11 is 0. The molecule has 0 aromatic heterocycles. The molecule has 20 heavy (non-hydrogen) atoms. The average molecular weight is 279 g/mol. The number of amides is 3. The van der Waals surface area contributed by atoms with Crippen molar-refractivity contribution in [3.05, 3.63) is 29.6 Å². The minimum absolute atomic E-state index is 0.162. The Morgan fingerprint density at radius 3 is 2.85 bits per heavy atom. The largest absolute Gasteiger partial charge is 0.374 e. The van der Waals surface area contributed by atoms with Gasteiger partial charge in [0.05, 0.1) is 6.42 Å². The molecule has 0 saturated carbocycles. The second kappa shape index (κ2) is 5.68. The van der Waals surface area contributed by atoms with Crippen LogP contribution in [0, 0.1) is 5.82 Å². The summed E-state index contributed by atoms with van der Waals surface area (Å²) in [4.78, 5) is 33.5. The highest BCUT2D eigenvalue weighted by Crippen LogP contribution is 2.18. The zero-order chi connectivity index (χ0) is 14.7. The van der Waals surface area contributed by atoms with E-state index in [4.69, 9.17) is 5.73 Å². The van der Waals surface area contributed by atoms with Gasteiger partial charge in [-0.1, -0.05) is 0 Å². The molecule has 2 rings (SSSR count). The van der Waals surface area contributed by atoms with Crippen LogP contribution in [0.15, 0.2) is 18.2 Å². The average Bonchev–Trinajstić information content (AvgIpc) is 2.36. The Labute approximate surface area is 114 Å². The maximum Gasteiger partial charge on any atom is 0.249 e. The first kappa shape index (κ1) is 14.0. The number of rotatable bonds is 4. The van der Waals surface area contributed by atoms with Crippen molar-refractivity contribution < 1.29 is 18.8 Å². The van der Waals surface area contributed by atoms with Crippen molar-refractivity contribution >= 4 is 23.4 Å². The second-order valence-electron chi connectivity index (χ2n) is 4.60. The van der Waals surface area contributed by atoms with Gasteiger partial charge in [-0.05, 0) is 30.2 Å². The summed E-state index contributed by atoms with van der Waals surface area (Å²) in [6, 6.07) is 3.54. The molecular weight excluding hydrogens is 265 g/mol. The van der Waals surface area contributed by atoms with E-state index < -0.39 is 23.7 Å². The van der Waals surface area contributed by atoms with Crippen LogP contribution in [0.5, 0.6) is 0 Å². The van der Waals surface area contributed by atoms with Gasteiger partial charge in [0.1, 0.15) is 11.9 Å². The molecule has 1 aliphatic heterocycles. The topological polar surface area (TPSA) is 101 Å². The van der Waals surface area contributed by atoms with Crippen LogP contribution in [0.4, 0.5) is 10.1 Å². The van der Waals surface area contributed by atoms with Gasteiger partial charge in [0.25, 0.3) is 0 Å². The lowest BCUT2D eigenvalue weighted by Gasteiger charge is -2.23. The highest BCUT2D eigenvalue weighted by molar-refractivity contribution is 6.01. The summed E-state index contributed by atoms with van der Waals surface area (Å²) in [6.07, 6.45) is 0.405. The predicted octanol–water partition coefficient (Wildman–Crippen LogP) is 0.0706. The zero-order valence-electron chi connectivity index (χ0n) is 10.6. The Bertz CT molecular complexity index is 574. The molecule has 0 bridgehead atoms. The summed E-state index contributed by atoms with van der Waals surface area (Å²) < 4.78 is 13.5. The lowest BCUT2D eigenvalue weighted by atomic mass is 10.0. The molecular formula is C13H14FN3O3. The van der Waals surface area contributed by atoms with Crippen molar-refractivity contribution in [2.24, 2.45) is 5.73 Å². The Balaban J connectivity index is 2.11. The molecule has 1 aliphatic rings.